The van der Waals surface area contributed by atoms with Gasteiger partial charge in [0.25, 0.3) is 0 Å². The maximum atomic E-state index is 7.56. The minimum atomic E-state index is -0.220. The summed E-state index contributed by atoms with van der Waals surface area (Å²) in [7, 11) is 0. The molecule has 0 unspecified atom stereocenters. The van der Waals surface area contributed by atoms with Crippen molar-refractivity contribution in [2.24, 2.45) is 0 Å². The normalized spacial score (nSPS) is 15.2. The Morgan fingerprint density at radius 1 is 0.310 bits per heavy atom. The SMILES string of the molecule is CC(C)(C)c1cc(N(c2ccccc2)c2cccc3c2oc2c(C4CCCCC4)cc4ccccc4c23)c2ccc3c(C(C)(C)C)cc(N(c4ccccc4)c4cccc5c4oc4c(C6CCCCC6)cc6ccccc6c45)c4ccc1c2c43. The summed E-state index contributed by atoms with van der Waals surface area (Å²) in [6.07, 6.45) is 12.4. The van der Waals surface area contributed by atoms with Crippen LogP contribution in [-0.2, 0) is 10.8 Å². The van der Waals surface area contributed by atoms with Crippen LogP contribution in [0.4, 0.5) is 34.1 Å². The Bertz CT molecular complexity index is 4570. The number of rotatable bonds is 8. The fraction of sp³-hybridized carbons (Fsp3) is 0.250. The number of hydrogen-bond donors (Lipinski definition) is 0. The Morgan fingerprint density at radius 2 is 0.679 bits per heavy atom. The minimum absolute atomic E-state index is 0.220. The number of benzene rings is 12. The Morgan fingerprint density at radius 3 is 1.08 bits per heavy atom. The summed E-state index contributed by atoms with van der Waals surface area (Å²) in [6, 6.07) is 73.3. The van der Waals surface area contributed by atoms with Crippen LogP contribution >= 0.6 is 0 Å². The number of hydrogen-bond acceptors (Lipinski definition) is 4. The molecule has 2 heterocycles. The number of anilines is 6. The number of furan rings is 2. The summed E-state index contributed by atoms with van der Waals surface area (Å²) < 4.78 is 15.1. The molecule has 0 saturated heterocycles. The fourth-order valence-corrected chi connectivity index (χ4v) is 15.6. The highest BCUT2D eigenvalue weighted by Crippen LogP contribution is 2.55. The molecule has 2 aliphatic carbocycles. The topological polar surface area (TPSA) is 32.8 Å². The molecule has 0 atom stereocenters. The summed E-state index contributed by atoms with van der Waals surface area (Å²) in [4.78, 5) is 5.04. The van der Waals surface area contributed by atoms with Gasteiger partial charge in [0.2, 0.25) is 0 Å². The predicted octanol–water partition coefficient (Wildman–Crippen LogP) is 24.3. The number of nitrogens with zero attached hydrogens (tertiary/aromatic N) is 2. The molecule has 0 radical (unpaired) electrons. The lowest BCUT2D eigenvalue weighted by molar-refractivity contribution is 0.442. The van der Waals surface area contributed by atoms with Gasteiger partial charge >= 0.3 is 0 Å². The smallest absolute Gasteiger partial charge is 0.159 e. The molecule has 2 fully saturated rings. The summed E-state index contributed by atoms with van der Waals surface area (Å²) in [5.41, 5.74) is 15.3. The first-order chi connectivity index (χ1) is 41.0. The van der Waals surface area contributed by atoms with E-state index in [4.69, 9.17) is 8.83 Å². The molecule has 0 spiro atoms. The van der Waals surface area contributed by atoms with Crippen molar-refractivity contribution in [3.05, 3.63) is 216 Å². The van der Waals surface area contributed by atoms with Crippen molar-refractivity contribution < 1.29 is 8.83 Å². The maximum Gasteiger partial charge on any atom is 0.159 e. The van der Waals surface area contributed by atoms with Crippen LogP contribution in [0.2, 0.25) is 0 Å². The molecule has 0 aliphatic heterocycles. The van der Waals surface area contributed by atoms with E-state index in [1.54, 1.807) is 0 Å². The van der Waals surface area contributed by atoms with Crippen molar-refractivity contribution in [3.8, 4) is 0 Å². The van der Waals surface area contributed by atoms with E-state index in [9.17, 15) is 0 Å². The molecule has 4 nitrogen and oxygen atoms in total. The third kappa shape index (κ3) is 7.99. The highest BCUT2D eigenvalue weighted by molar-refractivity contribution is 6.31. The zero-order valence-electron chi connectivity index (χ0n) is 49.4. The van der Waals surface area contributed by atoms with Gasteiger partial charge in [-0.1, -0.05) is 214 Å². The van der Waals surface area contributed by atoms with Crippen molar-refractivity contribution in [2.75, 3.05) is 9.80 Å². The second kappa shape index (κ2) is 19.5. The van der Waals surface area contributed by atoms with Gasteiger partial charge in [-0.05, 0) is 174 Å². The van der Waals surface area contributed by atoms with Gasteiger partial charge in [-0.25, -0.2) is 0 Å². The molecular weight excluding hydrogens is 1020 g/mol. The molecule has 16 rings (SSSR count). The third-order valence-electron chi connectivity index (χ3n) is 19.5. The highest BCUT2D eigenvalue weighted by atomic mass is 16.3. The number of fused-ring (bicyclic) bond motifs is 10. The Hall–Kier alpha value is -8.60. The summed E-state index contributed by atoms with van der Waals surface area (Å²) in [5, 5.41) is 17.3. The fourth-order valence-electron chi connectivity index (χ4n) is 15.6. The van der Waals surface area contributed by atoms with Crippen molar-refractivity contribution in [1.82, 2.24) is 0 Å². The van der Waals surface area contributed by atoms with Crippen LogP contribution in [0.25, 0.3) is 97.7 Å². The molecule has 84 heavy (non-hydrogen) atoms. The quantitative estimate of drug-likeness (QED) is 0.142. The molecule has 2 aliphatic rings. The van der Waals surface area contributed by atoms with Crippen LogP contribution in [0, 0.1) is 0 Å². The van der Waals surface area contributed by atoms with Gasteiger partial charge < -0.3 is 18.6 Å². The van der Waals surface area contributed by atoms with E-state index in [2.05, 4.69) is 245 Å². The number of para-hydroxylation sites is 4. The molecule has 2 saturated carbocycles. The predicted molar refractivity (Wildman–Crippen MR) is 358 cm³/mol. The summed E-state index contributed by atoms with van der Waals surface area (Å²) >= 11 is 0. The van der Waals surface area contributed by atoms with Crippen molar-refractivity contribution in [3.63, 3.8) is 0 Å². The van der Waals surface area contributed by atoms with E-state index < -0.39 is 0 Å². The summed E-state index contributed by atoms with van der Waals surface area (Å²) in [6.45, 7) is 14.3. The Balaban J connectivity index is 0.994. The van der Waals surface area contributed by atoms with E-state index in [0.717, 1.165) is 67.2 Å². The van der Waals surface area contributed by atoms with E-state index in [1.807, 2.05) is 0 Å². The van der Waals surface area contributed by atoms with Gasteiger partial charge in [0.1, 0.15) is 11.2 Å². The van der Waals surface area contributed by atoms with Gasteiger partial charge in [-0.2, -0.15) is 0 Å². The zero-order valence-corrected chi connectivity index (χ0v) is 49.4. The molecule has 2 aromatic heterocycles. The monoisotopic (exact) mass is 1090 g/mol. The van der Waals surface area contributed by atoms with Gasteiger partial charge in [0.15, 0.2) is 11.2 Å². The van der Waals surface area contributed by atoms with Crippen LogP contribution in [0.3, 0.4) is 0 Å². The van der Waals surface area contributed by atoms with E-state index in [1.165, 1.54) is 151 Å². The van der Waals surface area contributed by atoms with Crippen LogP contribution in [0.1, 0.15) is 140 Å². The van der Waals surface area contributed by atoms with Gasteiger partial charge in [0.05, 0.1) is 22.7 Å². The average Bonchev–Trinajstić information content (AvgIpc) is 0.958. The van der Waals surface area contributed by atoms with Crippen LogP contribution < -0.4 is 9.80 Å². The second-order valence-corrected chi connectivity index (χ2v) is 26.8. The van der Waals surface area contributed by atoms with Crippen molar-refractivity contribution in [2.45, 2.75) is 128 Å². The van der Waals surface area contributed by atoms with Crippen molar-refractivity contribution >= 4 is 132 Å². The molecule has 414 valence electrons. The van der Waals surface area contributed by atoms with E-state index in [0.29, 0.717) is 11.8 Å². The molecule has 14 aromatic rings. The lowest BCUT2D eigenvalue weighted by Crippen LogP contribution is -2.17. The van der Waals surface area contributed by atoms with Gasteiger partial charge in [0, 0.05) is 43.7 Å². The van der Waals surface area contributed by atoms with Crippen LogP contribution in [-0.4, -0.2) is 0 Å². The third-order valence-corrected chi connectivity index (χ3v) is 19.5. The van der Waals surface area contributed by atoms with Gasteiger partial charge in [-0.3, -0.25) is 0 Å². The van der Waals surface area contributed by atoms with Crippen molar-refractivity contribution in [1.29, 1.82) is 0 Å². The van der Waals surface area contributed by atoms with Crippen LogP contribution in [0.15, 0.2) is 203 Å². The first kappa shape index (κ1) is 51.1. The van der Waals surface area contributed by atoms with Gasteiger partial charge in [-0.15, -0.1) is 0 Å². The Labute approximate surface area is 492 Å². The van der Waals surface area contributed by atoms with Crippen LogP contribution in [0.5, 0.6) is 0 Å². The van der Waals surface area contributed by atoms with E-state index >= 15 is 0 Å². The first-order valence-electron chi connectivity index (χ1n) is 31.2. The Kier molecular flexibility index (Phi) is 11.9. The largest absolute Gasteiger partial charge is 0.454 e. The maximum absolute atomic E-state index is 7.56. The summed E-state index contributed by atoms with van der Waals surface area (Å²) in [5.74, 6) is 0.942. The lowest BCUT2D eigenvalue weighted by Gasteiger charge is -2.33. The molecule has 12 aromatic carbocycles. The second-order valence-electron chi connectivity index (χ2n) is 26.8. The highest BCUT2D eigenvalue weighted by Gasteiger charge is 2.33. The minimum Gasteiger partial charge on any atom is -0.454 e. The molecular formula is C80H72N2O2. The zero-order chi connectivity index (χ0) is 56.6. The molecule has 4 heteroatoms. The molecule has 0 N–H and O–H groups in total. The molecule has 0 amide bonds. The molecule has 0 bridgehead atoms. The standard InChI is InChI=1S/C80H72N2O2/c1-79(2,3)65-47-69(81(53-31-15-9-16-32-53)67-39-23-37-61-73-55-35-21-19-29-51(55)45-63(77(73)83-75(61)67)49-25-11-7-12-26-49)59-44-42-58-66(80(4,5)6)48-70(60-43-41-57(65)71(59)72(58)60)82(54-33-17-10-18-34-54)68-40-24-38-62-74-56-36-22-20-30-52(56)46-64(78(74)84-76(62)68)50-27-13-8-14-28-50/h9-10,15-24,29-50H,7-8,11-14,25-28H2,1-6H3. The first-order valence-corrected chi connectivity index (χ1v) is 31.2. The lowest BCUT2D eigenvalue weighted by atomic mass is 9.77. The van der Waals surface area contributed by atoms with E-state index in [-0.39, 0.29) is 10.8 Å². The average molecular weight is 1090 g/mol.